The van der Waals surface area contributed by atoms with Crippen LogP contribution in [0.25, 0.3) is 0 Å². The van der Waals surface area contributed by atoms with Crippen LogP contribution in [0.3, 0.4) is 0 Å². The summed E-state index contributed by atoms with van der Waals surface area (Å²) >= 11 is 0. The Morgan fingerprint density at radius 2 is 1.50 bits per heavy atom. The summed E-state index contributed by atoms with van der Waals surface area (Å²) in [6.07, 6.45) is 0. The molecule has 0 saturated carbocycles. The molecule has 0 radical (unpaired) electrons. The van der Waals surface area contributed by atoms with Crippen LogP contribution in [-0.4, -0.2) is 35.3 Å². The Kier molecular flexibility index (Phi) is 4.50. The molecule has 20 heavy (non-hydrogen) atoms. The minimum absolute atomic E-state index is 0.109. The Hall–Kier alpha value is -2.62. The second kappa shape index (κ2) is 6.52. The van der Waals surface area contributed by atoms with Crippen LogP contribution in [0.1, 0.15) is 15.9 Å². The topological polar surface area (TPSA) is 52.9 Å². The lowest BCUT2D eigenvalue weighted by Crippen LogP contribution is -2.32. The molecule has 4 heteroatoms. The molecule has 2 rings (SSSR count). The van der Waals surface area contributed by atoms with Gasteiger partial charge in [-0.1, -0.05) is 53.7 Å². The lowest BCUT2D eigenvalue weighted by atomic mass is 10.1. The molecular weight excluding hydrogens is 252 g/mol. The van der Waals surface area contributed by atoms with Crippen molar-refractivity contribution < 1.29 is 10.0 Å². The van der Waals surface area contributed by atoms with Gasteiger partial charge in [-0.15, -0.1) is 0 Å². The van der Waals surface area contributed by atoms with Gasteiger partial charge >= 0.3 is 0 Å². The van der Waals surface area contributed by atoms with Crippen molar-refractivity contribution in [3.63, 3.8) is 0 Å². The quantitative estimate of drug-likeness (QED) is 0.526. The van der Waals surface area contributed by atoms with E-state index in [0.717, 1.165) is 5.56 Å². The van der Waals surface area contributed by atoms with E-state index in [0.29, 0.717) is 11.3 Å². The average Bonchev–Trinajstić information content (AvgIpc) is 2.53. The van der Waals surface area contributed by atoms with Crippen molar-refractivity contribution in [2.24, 2.45) is 5.16 Å². The fourth-order valence-electron chi connectivity index (χ4n) is 1.91. The predicted octanol–water partition coefficient (Wildman–Crippen LogP) is 2.64. The number of likely N-dealkylation sites (N-methyl/N-ethyl adjacent to an activating group) is 1. The number of hydrogen-bond donors (Lipinski definition) is 1. The number of carbonyl (C=O) groups excluding carboxylic acids is 1. The van der Waals surface area contributed by atoms with Crippen molar-refractivity contribution >= 4 is 11.6 Å². The molecule has 0 saturated heterocycles. The third-order valence-corrected chi connectivity index (χ3v) is 2.98. The van der Waals surface area contributed by atoms with E-state index in [9.17, 15) is 4.79 Å². The number of oxime groups is 1. The van der Waals surface area contributed by atoms with Crippen LogP contribution in [0.5, 0.6) is 0 Å². The maximum absolute atomic E-state index is 12.2. The summed E-state index contributed by atoms with van der Waals surface area (Å²) in [5.41, 5.74) is 1.86. The molecule has 2 aromatic carbocycles. The summed E-state index contributed by atoms with van der Waals surface area (Å²) < 4.78 is 0. The van der Waals surface area contributed by atoms with E-state index in [1.165, 1.54) is 4.90 Å². The summed E-state index contributed by atoms with van der Waals surface area (Å²) in [6, 6.07) is 18.3. The van der Waals surface area contributed by atoms with Crippen LogP contribution < -0.4 is 0 Å². The summed E-state index contributed by atoms with van der Waals surface area (Å²) in [5.74, 6) is -0.109. The molecule has 1 amide bonds. The molecule has 2 aromatic rings. The van der Waals surface area contributed by atoms with Crippen molar-refractivity contribution in [3.05, 3.63) is 71.8 Å². The number of nitrogens with zero attached hydrogens (tertiary/aromatic N) is 2. The van der Waals surface area contributed by atoms with Crippen LogP contribution in [0.4, 0.5) is 0 Å². The minimum atomic E-state index is -0.109. The molecule has 1 N–H and O–H groups in total. The molecule has 0 aliphatic rings. The smallest absolute Gasteiger partial charge is 0.253 e. The van der Waals surface area contributed by atoms with Crippen LogP contribution >= 0.6 is 0 Å². The Bertz CT molecular complexity index is 594. The highest BCUT2D eigenvalue weighted by Crippen LogP contribution is 2.06. The van der Waals surface area contributed by atoms with Gasteiger partial charge in [0.1, 0.15) is 5.71 Å². The third kappa shape index (κ3) is 3.23. The molecule has 102 valence electrons. The molecule has 0 bridgehead atoms. The molecule has 0 aliphatic heterocycles. The summed E-state index contributed by atoms with van der Waals surface area (Å²) in [6.45, 7) is 0.244. The zero-order valence-corrected chi connectivity index (χ0v) is 11.2. The van der Waals surface area contributed by atoms with Gasteiger partial charge in [0.25, 0.3) is 5.91 Å². The van der Waals surface area contributed by atoms with E-state index in [1.807, 2.05) is 48.5 Å². The molecule has 0 heterocycles. The number of amides is 1. The van der Waals surface area contributed by atoms with Gasteiger partial charge in [-0.2, -0.15) is 0 Å². The van der Waals surface area contributed by atoms with E-state index in [4.69, 9.17) is 5.21 Å². The number of benzene rings is 2. The molecule has 0 fully saturated rings. The maximum atomic E-state index is 12.2. The first-order chi connectivity index (χ1) is 9.72. The van der Waals surface area contributed by atoms with Gasteiger partial charge < -0.3 is 10.1 Å². The van der Waals surface area contributed by atoms with Crippen molar-refractivity contribution in [3.8, 4) is 0 Å². The average molecular weight is 268 g/mol. The highest BCUT2D eigenvalue weighted by Gasteiger charge is 2.14. The van der Waals surface area contributed by atoms with Gasteiger partial charge in [0.05, 0.1) is 6.54 Å². The summed E-state index contributed by atoms with van der Waals surface area (Å²) in [4.78, 5) is 13.7. The first-order valence-corrected chi connectivity index (χ1v) is 6.29. The second-order valence-corrected chi connectivity index (χ2v) is 4.44. The lowest BCUT2D eigenvalue weighted by molar-refractivity contribution is 0.0814. The summed E-state index contributed by atoms with van der Waals surface area (Å²) in [5, 5.41) is 12.4. The van der Waals surface area contributed by atoms with E-state index >= 15 is 0 Å². The first kappa shape index (κ1) is 13.8. The monoisotopic (exact) mass is 268 g/mol. The Morgan fingerprint density at radius 1 is 1.00 bits per heavy atom. The Balaban J connectivity index is 2.11. The summed E-state index contributed by atoms with van der Waals surface area (Å²) in [7, 11) is 1.68. The van der Waals surface area contributed by atoms with Gasteiger partial charge in [0.2, 0.25) is 0 Å². The second-order valence-electron chi connectivity index (χ2n) is 4.44. The lowest BCUT2D eigenvalue weighted by Gasteiger charge is -2.17. The fourth-order valence-corrected chi connectivity index (χ4v) is 1.91. The Morgan fingerprint density at radius 3 is 2.00 bits per heavy atom. The van der Waals surface area contributed by atoms with E-state index in [2.05, 4.69) is 5.16 Å². The first-order valence-electron chi connectivity index (χ1n) is 6.29. The third-order valence-electron chi connectivity index (χ3n) is 2.98. The van der Waals surface area contributed by atoms with Crippen molar-refractivity contribution in [2.75, 3.05) is 13.6 Å². The maximum Gasteiger partial charge on any atom is 0.253 e. The van der Waals surface area contributed by atoms with Crippen molar-refractivity contribution in [2.45, 2.75) is 0 Å². The highest BCUT2D eigenvalue weighted by molar-refractivity contribution is 6.04. The van der Waals surface area contributed by atoms with E-state index in [-0.39, 0.29) is 12.5 Å². The van der Waals surface area contributed by atoms with E-state index < -0.39 is 0 Å². The normalized spacial score (nSPS) is 11.2. The largest absolute Gasteiger partial charge is 0.411 e. The molecule has 0 spiro atoms. The van der Waals surface area contributed by atoms with Crippen LogP contribution in [-0.2, 0) is 0 Å². The minimum Gasteiger partial charge on any atom is -0.411 e. The number of rotatable bonds is 4. The molecule has 0 atom stereocenters. The SMILES string of the molecule is CN(C/C(=N\O)c1ccccc1)C(=O)c1ccccc1. The zero-order valence-electron chi connectivity index (χ0n) is 11.2. The molecule has 0 aliphatic carbocycles. The standard InChI is InChI=1S/C16H16N2O2/c1-18(16(19)14-10-6-3-7-11-14)12-15(17-20)13-8-4-2-5-9-13/h2-11,20H,12H2,1H3/b17-15+. The van der Waals surface area contributed by atoms with Gasteiger partial charge in [-0.3, -0.25) is 4.79 Å². The molecule has 0 unspecified atom stereocenters. The number of carbonyl (C=O) groups is 1. The molecule has 4 nitrogen and oxygen atoms in total. The van der Waals surface area contributed by atoms with Gasteiger partial charge in [-0.05, 0) is 12.1 Å². The van der Waals surface area contributed by atoms with Gasteiger partial charge in [0.15, 0.2) is 0 Å². The van der Waals surface area contributed by atoms with Crippen LogP contribution in [0.2, 0.25) is 0 Å². The molecular formula is C16H16N2O2. The molecule has 0 aromatic heterocycles. The van der Waals surface area contributed by atoms with Crippen molar-refractivity contribution in [1.82, 2.24) is 4.90 Å². The predicted molar refractivity (Wildman–Crippen MR) is 78.2 cm³/mol. The van der Waals surface area contributed by atoms with Crippen LogP contribution in [0, 0.1) is 0 Å². The fraction of sp³-hybridized carbons (Fsp3) is 0.125. The Labute approximate surface area is 118 Å². The zero-order chi connectivity index (χ0) is 14.4. The van der Waals surface area contributed by atoms with Gasteiger partial charge in [-0.25, -0.2) is 0 Å². The van der Waals surface area contributed by atoms with Crippen LogP contribution in [0.15, 0.2) is 65.8 Å². The van der Waals surface area contributed by atoms with Crippen molar-refractivity contribution in [1.29, 1.82) is 0 Å². The van der Waals surface area contributed by atoms with Gasteiger partial charge in [0, 0.05) is 18.2 Å². The number of hydrogen-bond acceptors (Lipinski definition) is 3. The highest BCUT2D eigenvalue weighted by atomic mass is 16.4. The van der Waals surface area contributed by atoms with E-state index in [1.54, 1.807) is 19.2 Å².